The van der Waals surface area contributed by atoms with E-state index in [0.29, 0.717) is 34.9 Å². The molecule has 0 aliphatic heterocycles. The monoisotopic (exact) mass is 457 g/mol. The first-order chi connectivity index (χ1) is 15.4. The number of carbonyl (C=O) groups is 2. The Bertz CT molecular complexity index is 931. The number of amides is 2. The van der Waals surface area contributed by atoms with Gasteiger partial charge in [-0.1, -0.05) is 20.3 Å². The predicted octanol–water partition coefficient (Wildman–Crippen LogP) is 5.13. The minimum Gasteiger partial charge on any atom is -0.494 e. The van der Waals surface area contributed by atoms with Crippen molar-refractivity contribution in [3.05, 3.63) is 48.0 Å². The fourth-order valence-electron chi connectivity index (χ4n) is 2.76. The van der Waals surface area contributed by atoms with Gasteiger partial charge in [0.05, 0.1) is 18.9 Å². The van der Waals surface area contributed by atoms with Crippen LogP contribution in [0.5, 0.6) is 11.5 Å². The van der Waals surface area contributed by atoms with E-state index >= 15 is 0 Å². The predicted molar refractivity (Wildman–Crippen MR) is 132 cm³/mol. The van der Waals surface area contributed by atoms with Crippen LogP contribution >= 0.6 is 12.2 Å². The third kappa shape index (κ3) is 7.85. The van der Waals surface area contributed by atoms with Gasteiger partial charge in [0.1, 0.15) is 11.5 Å². The number of methoxy groups -OCH3 is 1. The van der Waals surface area contributed by atoms with Crippen LogP contribution in [0.1, 0.15) is 56.8 Å². The first kappa shape index (κ1) is 25.1. The van der Waals surface area contributed by atoms with E-state index in [1.807, 2.05) is 20.8 Å². The van der Waals surface area contributed by atoms with Gasteiger partial charge in [0.15, 0.2) is 5.11 Å². The standard InChI is InChI=1S/C24H31N3O4S/c1-5-7-8-22(28)26-20-14-11-18(15-21(20)30-4)25-24(32)27-23(29)17-9-12-19(13-10-17)31-16(3)6-2/h9-16H,5-8H2,1-4H3,(H,26,28)(H2,25,27,29,32)/t16-/m1/s1. The summed E-state index contributed by atoms with van der Waals surface area (Å²) < 4.78 is 11.1. The van der Waals surface area contributed by atoms with Gasteiger partial charge in [-0.05, 0) is 68.4 Å². The summed E-state index contributed by atoms with van der Waals surface area (Å²) in [5.41, 5.74) is 1.66. The molecule has 2 amide bonds. The molecule has 2 aromatic carbocycles. The lowest BCUT2D eigenvalue weighted by atomic mass is 10.2. The molecule has 0 heterocycles. The molecule has 2 rings (SSSR count). The fourth-order valence-corrected chi connectivity index (χ4v) is 2.97. The van der Waals surface area contributed by atoms with E-state index in [0.717, 1.165) is 19.3 Å². The highest BCUT2D eigenvalue weighted by molar-refractivity contribution is 7.80. The number of rotatable bonds is 10. The number of benzene rings is 2. The van der Waals surface area contributed by atoms with Gasteiger partial charge in [-0.2, -0.15) is 0 Å². The first-order valence-electron chi connectivity index (χ1n) is 10.7. The third-order valence-corrected chi connectivity index (χ3v) is 4.95. The van der Waals surface area contributed by atoms with E-state index in [1.165, 1.54) is 7.11 Å². The summed E-state index contributed by atoms with van der Waals surface area (Å²) in [6, 6.07) is 12.1. The second-order valence-electron chi connectivity index (χ2n) is 7.34. The molecule has 7 nitrogen and oxygen atoms in total. The molecule has 0 aliphatic carbocycles. The van der Waals surface area contributed by atoms with Crippen molar-refractivity contribution in [1.82, 2.24) is 5.32 Å². The van der Waals surface area contributed by atoms with Crippen LogP contribution < -0.4 is 25.4 Å². The molecule has 0 spiro atoms. The molecular weight excluding hydrogens is 426 g/mol. The maximum absolute atomic E-state index is 12.5. The Morgan fingerprint density at radius 1 is 1.06 bits per heavy atom. The topological polar surface area (TPSA) is 88.7 Å². The average molecular weight is 458 g/mol. The highest BCUT2D eigenvalue weighted by atomic mass is 32.1. The zero-order valence-corrected chi connectivity index (χ0v) is 19.8. The van der Waals surface area contributed by atoms with Gasteiger partial charge in [0.2, 0.25) is 5.91 Å². The number of ether oxygens (including phenoxy) is 2. The molecule has 8 heteroatoms. The van der Waals surface area contributed by atoms with Crippen molar-refractivity contribution >= 4 is 40.5 Å². The summed E-state index contributed by atoms with van der Waals surface area (Å²) in [6.07, 6.45) is 3.25. The van der Waals surface area contributed by atoms with E-state index < -0.39 is 0 Å². The summed E-state index contributed by atoms with van der Waals surface area (Å²) in [5, 5.41) is 8.61. The zero-order chi connectivity index (χ0) is 23.5. The molecule has 0 aliphatic rings. The number of thiocarbonyl (C=S) groups is 1. The van der Waals surface area contributed by atoms with Gasteiger partial charge in [-0.3, -0.25) is 14.9 Å². The number of unbranched alkanes of at least 4 members (excludes halogenated alkanes) is 1. The lowest BCUT2D eigenvalue weighted by molar-refractivity contribution is -0.116. The van der Waals surface area contributed by atoms with Crippen molar-refractivity contribution in [2.75, 3.05) is 17.7 Å². The molecule has 0 radical (unpaired) electrons. The molecular formula is C24H31N3O4S. The Hall–Kier alpha value is -3.13. The van der Waals surface area contributed by atoms with Crippen LogP contribution in [0.25, 0.3) is 0 Å². The molecule has 0 saturated carbocycles. The minimum atomic E-state index is -0.329. The van der Waals surface area contributed by atoms with Crippen molar-refractivity contribution in [3.8, 4) is 11.5 Å². The van der Waals surface area contributed by atoms with Crippen LogP contribution in [-0.2, 0) is 4.79 Å². The quantitative estimate of drug-likeness (QED) is 0.429. The van der Waals surface area contributed by atoms with Crippen molar-refractivity contribution in [2.45, 2.75) is 52.6 Å². The van der Waals surface area contributed by atoms with Gasteiger partial charge >= 0.3 is 0 Å². The van der Waals surface area contributed by atoms with E-state index in [9.17, 15) is 9.59 Å². The van der Waals surface area contributed by atoms with Crippen molar-refractivity contribution in [3.63, 3.8) is 0 Å². The van der Waals surface area contributed by atoms with Crippen LogP contribution in [0, 0.1) is 0 Å². The molecule has 1 atom stereocenters. The van der Waals surface area contributed by atoms with E-state index in [2.05, 4.69) is 16.0 Å². The van der Waals surface area contributed by atoms with Crippen LogP contribution in [0.4, 0.5) is 11.4 Å². The molecule has 172 valence electrons. The molecule has 3 N–H and O–H groups in total. The van der Waals surface area contributed by atoms with Gasteiger partial charge in [-0.15, -0.1) is 0 Å². The highest BCUT2D eigenvalue weighted by Crippen LogP contribution is 2.28. The lowest BCUT2D eigenvalue weighted by Gasteiger charge is -2.14. The zero-order valence-electron chi connectivity index (χ0n) is 19.0. The molecule has 0 fully saturated rings. The van der Waals surface area contributed by atoms with Crippen molar-refractivity contribution < 1.29 is 19.1 Å². The van der Waals surface area contributed by atoms with E-state index in [4.69, 9.17) is 21.7 Å². The largest absolute Gasteiger partial charge is 0.494 e. The fraction of sp³-hybridized carbons (Fsp3) is 0.375. The summed E-state index contributed by atoms with van der Waals surface area (Å²) in [4.78, 5) is 24.5. The number of anilines is 2. The Morgan fingerprint density at radius 3 is 2.41 bits per heavy atom. The molecule has 0 aromatic heterocycles. The Labute approximate surface area is 194 Å². The Morgan fingerprint density at radius 2 is 1.78 bits per heavy atom. The Kier molecular flexibility index (Phi) is 9.94. The van der Waals surface area contributed by atoms with Gasteiger partial charge in [0.25, 0.3) is 5.91 Å². The van der Waals surface area contributed by atoms with Gasteiger partial charge < -0.3 is 20.1 Å². The normalized spacial score (nSPS) is 11.2. The van der Waals surface area contributed by atoms with E-state index in [1.54, 1.807) is 42.5 Å². The van der Waals surface area contributed by atoms with Crippen LogP contribution in [-0.4, -0.2) is 30.1 Å². The summed E-state index contributed by atoms with van der Waals surface area (Å²) >= 11 is 5.26. The number of nitrogens with one attached hydrogen (secondary N) is 3. The summed E-state index contributed by atoms with van der Waals surface area (Å²) in [7, 11) is 1.52. The average Bonchev–Trinajstić information content (AvgIpc) is 2.78. The van der Waals surface area contributed by atoms with Crippen molar-refractivity contribution in [2.24, 2.45) is 0 Å². The maximum atomic E-state index is 12.5. The minimum absolute atomic E-state index is 0.0609. The van der Waals surface area contributed by atoms with Crippen LogP contribution in [0.3, 0.4) is 0 Å². The summed E-state index contributed by atoms with van der Waals surface area (Å²) in [6.45, 7) is 6.08. The third-order valence-electron chi connectivity index (χ3n) is 4.75. The molecule has 0 unspecified atom stereocenters. The molecule has 0 saturated heterocycles. The number of carbonyl (C=O) groups excluding carboxylic acids is 2. The van der Waals surface area contributed by atoms with Gasteiger partial charge in [0, 0.05) is 23.7 Å². The lowest BCUT2D eigenvalue weighted by Crippen LogP contribution is -2.34. The number of hydrogen-bond donors (Lipinski definition) is 3. The van der Waals surface area contributed by atoms with E-state index in [-0.39, 0.29) is 23.0 Å². The highest BCUT2D eigenvalue weighted by Gasteiger charge is 2.12. The van der Waals surface area contributed by atoms with Crippen molar-refractivity contribution in [1.29, 1.82) is 0 Å². The first-order valence-corrected chi connectivity index (χ1v) is 11.1. The second kappa shape index (κ2) is 12.7. The SMILES string of the molecule is CCCCC(=O)Nc1ccc(NC(=S)NC(=O)c2ccc(O[C@H](C)CC)cc2)cc1OC. The van der Waals surface area contributed by atoms with Crippen LogP contribution in [0.2, 0.25) is 0 Å². The van der Waals surface area contributed by atoms with Gasteiger partial charge in [-0.25, -0.2) is 0 Å². The molecule has 0 bridgehead atoms. The number of hydrogen-bond acceptors (Lipinski definition) is 5. The smallest absolute Gasteiger partial charge is 0.257 e. The van der Waals surface area contributed by atoms with Crippen LogP contribution in [0.15, 0.2) is 42.5 Å². The second-order valence-corrected chi connectivity index (χ2v) is 7.74. The maximum Gasteiger partial charge on any atom is 0.257 e. The molecule has 32 heavy (non-hydrogen) atoms. The summed E-state index contributed by atoms with van der Waals surface area (Å²) in [5.74, 6) is 0.815. The molecule has 2 aromatic rings. The Balaban J connectivity index is 1.95.